The Kier molecular flexibility index (Phi) is 5.87. The third-order valence-electron chi connectivity index (χ3n) is 5.92. The van der Waals surface area contributed by atoms with Crippen LogP contribution in [0.2, 0.25) is 0 Å². The standard InChI is InChI=1S/C21H29BFNO4/c1-20(2)21(3,4)28-22(27-20)18(23)17-11-16(12-17)13-24(5)19(25)26-14-15-9-7-6-8-10-15/h6-10,16H,11-14H2,1-5H3. The van der Waals surface area contributed by atoms with Gasteiger partial charge in [-0.25, -0.2) is 9.18 Å². The van der Waals surface area contributed by atoms with Gasteiger partial charge in [-0.2, -0.15) is 0 Å². The largest absolute Gasteiger partial charge is 0.525 e. The summed E-state index contributed by atoms with van der Waals surface area (Å²) in [5.74, 6) is 0.220. The molecule has 2 aliphatic rings. The van der Waals surface area contributed by atoms with E-state index in [0.717, 1.165) is 11.1 Å². The zero-order valence-corrected chi connectivity index (χ0v) is 17.3. The summed E-state index contributed by atoms with van der Waals surface area (Å²) < 4.78 is 31.6. The Bertz CT molecular complexity index is 726. The van der Waals surface area contributed by atoms with E-state index in [4.69, 9.17) is 14.0 Å². The van der Waals surface area contributed by atoms with Crippen LogP contribution >= 0.6 is 0 Å². The highest BCUT2D eigenvalue weighted by molar-refractivity contribution is 6.53. The summed E-state index contributed by atoms with van der Waals surface area (Å²) >= 11 is 0. The number of carbonyl (C=O) groups is 1. The van der Waals surface area contributed by atoms with Crippen molar-refractivity contribution in [2.45, 2.75) is 58.3 Å². The molecule has 0 atom stereocenters. The summed E-state index contributed by atoms with van der Waals surface area (Å²) in [6.45, 7) is 8.41. The van der Waals surface area contributed by atoms with Crippen LogP contribution in [0.15, 0.2) is 41.6 Å². The number of carbonyl (C=O) groups excluding carboxylic acids is 1. The summed E-state index contributed by atoms with van der Waals surface area (Å²) in [6.07, 6.45) is 0.839. The third-order valence-corrected chi connectivity index (χ3v) is 5.92. The lowest BCUT2D eigenvalue weighted by Gasteiger charge is -2.33. The van der Waals surface area contributed by atoms with Gasteiger partial charge in [0.15, 0.2) is 0 Å². The molecule has 152 valence electrons. The first-order valence-electron chi connectivity index (χ1n) is 9.74. The van der Waals surface area contributed by atoms with Crippen molar-refractivity contribution in [2.24, 2.45) is 5.92 Å². The van der Waals surface area contributed by atoms with Gasteiger partial charge in [0.25, 0.3) is 0 Å². The topological polar surface area (TPSA) is 48.0 Å². The molecule has 0 aromatic heterocycles. The van der Waals surface area contributed by atoms with Crippen LogP contribution in [-0.4, -0.2) is 42.9 Å². The molecule has 0 radical (unpaired) electrons. The summed E-state index contributed by atoms with van der Waals surface area (Å²) in [7, 11) is 0.772. The van der Waals surface area contributed by atoms with Gasteiger partial charge in [0.05, 0.1) is 11.2 Å². The van der Waals surface area contributed by atoms with E-state index in [1.807, 2.05) is 58.0 Å². The average Bonchev–Trinajstić information content (AvgIpc) is 2.83. The molecule has 28 heavy (non-hydrogen) atoms. The molecule has 1 aromatic rings. The number of benzene rings is 1. The second-order valence-electron chi connectivity index (χ2n) is 8.73. The lowest BCUT2D eigenvalue weighted by atomic mass is 9.72. The van der Waals surface area contributed by atoms with Gasteiger partial charge in [-0.1, -0.05) is 30.3 Å². The van der Waals surface area contributed by atoms with Gasteiger partial charge in [0.2, 0.25) is 0 Å². The predicted octanol–water partition coefficient (Wildman–Crippen LogP) is 4.52. The molecule has 1 amide bonds. The number of allylic oxidation sites excluding steroid dienone is 1. The number of amides is 1. The number of ether oxygens (including phenoxy) is 1. The molecule has 0 spiro atoms. The summed E-state index contributed by atoms with van der Waals surface area (Å²) in [5.41, 5.74) is 0.240. The first kappa shape index (κ1) is 20.9. The van der Waals surface area contributed by atoms with E-state index in [9.17, 15) is 9.18 Å². The van der Waals surface area contributed by atoms with Gasteiger partial charge in [-0.05, 0) is 57.6 Å². The highest BCUT2D eigenvalue weighted by atomic mass is 19.1. The maximum atomic E-state index is 14.7. The molecule has 1 heterocycles. The molecule has 0 unspecified atom stereocenters. The fourth-order valence-electron chi connectivity index (χ4n) is 3.37. The van der Waals surface area contributed by atoms with Crippen molar-refractivity contribution in [3.8, 4) is 0 Å². The molecule has 1 saturated carbocycles. The predicted molar refractivity (Wildman–Crippen MR) is 106 cm³/mol. The minimum absolute atomic E-state index is 0.220. The quantitative estimate of drug-likeness (QED) is 0.695. The van der Waals surface area contributed by atoms with Crippen LogP contribution in [0, 0.1) is 5.92 Å². The zero-order valence-electron chi connectivity index (χ0n) is 17.3. The second kappa shape index (κ2) is 7.87. The molecular weight excluding hydrogens is 360 g/mol. The fourth-order valence-corrected chi connectivity index (χ4v) is 3.37. The lowest BCUT2D eigenvalue weighted by Crippen LogP contribution is -2.41. The van der Waals surface area contributed by atoms with Crippen molar-refractivity contribution >= 4 is 13.2 Å². The Morgan fingerprint density at radius 2 is 1.75 bits per heavy atom. The number of halogens is 1. The number of hydrogen-bond donors (Lipinski definition) is 0. The van der Waals surface area contributed by atoms with Crippen molar-refractivity contribution in [1.29, 1.82) is 0 Å². The van der Waals surface area contributed by atoms with Gasteiger partial charge >= 0.3 is 13.2 Å². The highest BCUT2D eigenvalue weighted by Crippen LogP contribution is 2.43. The van der Waals surface area contributed by atoms with E-state index in [1.54, 1.807) is 11.9 Å². The SMILES string of the molecule is CN(CC1CC(=C(F)B2OC(C)(C)C(C)(C)O2)C1)C(=O)OCc1ccccc1. The molecule has 3 rings (SSSR count). The van der Waals surface area contributed by atoms with E-state index < -0.39 is 18.3 Å². The first-order chi connectivity index (χ1) is 13.1. The van der Waals surface area contributed by atoms with E-state index in [0.29, 0.717) is 19.4 Å². The molecule has 0 bridgehead atoms. The fraction of sp³-hybridized carbons (Fsp3) is 0.571. The Labute approximate surface area is 167 Å². The molecule has 7 heteroatoms. The van der Waals surface area contributed by atoms with Gasteiger partial charge in [-0.15, -0.1) is 0 Å². The van der Waals surface area contributed by atoms with Crippen LogP contribution in [0.5, 0.6) is 0 Å². The van der Waals surface area contributed by atoms with E-state index in [2.05, 4.69) is 0 Å². The van der Waals surface area contributed by atoms with E-state index in [-0.39, 0.29) is 24.3 Å². The summed E-state index contributed by atoms with van der Waals surface area (Å²) in [4.78, 5) is 13.7. The molecule has 2 fully saturated rings. The van der Waals surface area contributed by atoms with Crippen LogP contribution in [-0.2, 0) is 20.7 Å². The molecule has 5 nitrogen and oxygen atoms in total. The van der Waals surface area contributed by atoms with E-state index in [1.165, 1.54) is 0 Å². The summed E-state index contributed by atoms with van der Waals surface area (Å²) in [6, 6.07) is 9.55. The Balaban J connectivity index is 1.46. The van der Waals surface area contributed by atoms with Gasteiger partial charge < -0.3 is 18.9 Å². The number of rotatable bonds is 5. The smallest absolute Gasteiger partial charge is 0.445 e. The average molecular weight is 389 g/mol. The molecular formula is C21H29BFNO4. The molecule has 1 aliphatic carbocycles. The Hall–Kier alpha value is -1.86. The van der Waals surface area contributed by atoms with Crippen molar-refractivity contribution < 1.29 is 23.2 Å². The Morgan fingerprint density at radius 1 is 1.18 bits per heavy atom. The molecule has 1 aromatic carbocycles. The lowest BCUT2D eigenvalue weighted by molar-refractivity contribution is 0.00578. The maximum Gasteiger partial charge on any atom is 0.525 e. The zero-order chi connectivity index (χ0) is 20.5. The molecule has 0 N–H and O–H groups in total. The van der Waals surface area contributed by atoms with Gasteiger partial charge in [0, 0.05) is 13.6 Å². The normalized spacial score (nSPS) is 22.6. The summed E-state index contributed by atoms with van der Waals surface area (Å²) in [5, 5.41) is 0. The minimum Gasteiger partial charge on any atom is -0.445 e. The van der Waals surface area contributed by atoms with Crippen LogP contribution in [0.3, 0.4) is 0 Å². The van der Waals surface area contributed by atoms with Gasteiger partial charge in [-0.3, -0.25) is 0 Å². The van der Waals surface area contributed by atoms with Crippen LogP contribution in [0.25, 0.3) is 0 Å². The Morgan fingerprint density at radius 3 is 2.32 bits per heavy atom. The van der Waals surface area contributed by atoms with Crippen molar-refractivity contribution in [3.63, 3.8) is 0 Å². The second-order valence-corrected chi connectivity index (χ2v) is 8.73. The van der Waals surface area contributed by atoms with Gasteiger partial charge in [0.1, 0.15) is 12.3 Å². The van der Waals surface area contributed by atoms with Crippen molar-refractivity contribution in [1.82, 2.24) is 4.90 Å². The number of hydrogen-bond acceptors (Lipinski definition) is 4. The third kappa shape index (κ3) is 4.41. The maximum absolute atomic E-state index is 14.7. The van der Waals surface area contributed by atoms with Crippen molar-refractivity contribution in [3.05, 3.63) is 47.2 Å². The van der Waals surface area contributed by atoms with Crippen LogP contribution in [0.4, 0.5) is 9.18 Å². The van der Waals surface area contributed by atoms with Crippen LogP contribution in [0.1, 0.15) is 46.1 Å². The highest BCUT2D eigenvalue weighted by Gasteiger charge is 2.54. The number of nitrogens with zero attached hydrogens (tertiary/aromatic N) is 1. The van der Waals surface area contributed by atoms with Crippen LogP contribution < -0.4 is 0 Å². The monoisotopic (exact) mass is 389 g/mol. The molecule has 1 saturated heterocycles. The minimum atomic E-state index is -0.936. The molecule has 1 aliphatic heterocycles. The van der Waals surface area contributed by atoms with E-state index >= 15 is 0 Å². The first-order valence-corrected chi connectivity index (χ1v) is 9.74. The van der Waals surface area contributed by atoms with Crippen molar-refractivity contribution in [2.75, 3.05) is 13.6 Å².